The highest BCUT2D eigenvalue weighted by Crippen LogP contribution is 2.18. The molecule has 0 atom stereocenters. The Balaban J connectivity index is 2.91. The summed E-state index contributed by atoms with van der Waals surface area (Å²) in [6, 6.07) is 3.66. The fourth-order valence-electron chi connectivity index (χ4n) is 1.34. The molecule has 0 fully saturated rings. The number of hydrogen-bond donors (Lipinski definition) is 1. The van der Waals surface area contributed by atoms with Gasteiger partial charge in [0, 0.05) is 11.1 Å². The molecule has 4 nitrogen and oxygen atoms in total. The molecular weight excluding hydrogens is 237 g/mol. The van der Waals surface area contributed by atoms with E-state index in [0.29, 0.717) is 0 Å². The molecule has 0 heterocycles. The predicted molar refractivity (Wildman–Crippen MR) is 65.2 cm³/mol. The molecule has 1 aromatic carbocycles. The SMILES string of the molecule is COc1ccc(C(=O)C(=O)NC(C)(C)C)cc1F. The number of ketones is 1. The van der Waals surface area contributed by atoms with Crippen LogP contribution in [0.5, 0.6) is 5.75 Å². The number of carbonyl (C=O) groups excluding carboxylic acids is 2. The van der Waals surface area contributed by atoms with Gasteiger partial charge in [0.15, 0.2) is 11.6 Å². The van der Waals surface area contributed by atoms with Crippen molar-refractivity contribution in [1.29, 1.82) is 0 Å². The lowest BCUT2D eigenvalue weighted by Gasteiger charge is -2.19. The van der Waals surface area contributed by atoms with Crippen molar-refractivity contribution in [2.75, 3.05) is 7.11 Å². The zero-order valence-corrected chi connectivity index (χ0v) is 10.8. The molecule has 0 saturated carbocycles. The Morgan fingerprint density at radius 3 is 2.33 bits per heavy atom. The van der Waals surface area contributed by atoms with Crippen LogP contribution in [0.2, 0.25) is 0 Å². The molecule has 1 amide bonds. The number of hydrogen-bond acceptors (Lipinski definition) is 3. The second kappa shape index (κ2) is 5.16. The van der Waals surface area contributed by atoms with Gasteiger partial charge in [-0.1, -0.05) is 0 Å². The number of nitrogens with one attached hydrogen (secondary N) is 1. The monoisotopic (exact) mass is 253 g/mol. The van der Waals surface area contributed by atoms with Crippen LogP contribution in [0.1, 0.15) is 31.1 Å². The molecule has 0 aromatic heterocycles. The maximum atomic E-state index is 13.4. The maximum Gasteiger partial charge on any atom is 0.292 e. The summed E-state index contributed by atoms with van der Waals surface area (Å²) < 4.78 is 18.1. The van der Waals surface area contributed by atoms with Gasteiger partial charge in [-0.15, -0.1) is 0 Å². The minimum Gasteiger partial charge on any atom is -0.494 e. The van der Waals surface area contributed by atoms with E-state index in [2.05, 4.69) is 5.32 Å². The number of benzene rings is 1. The van der Waals surface area contributed by atoms with Gasteiger partial charge in [0.05, 0.1) is 7.11 Å². The highest BCUT2D eigenvalue weighted by atomic mass is 19.1. The zero-order valence-electron chi connectivity index (χ0n) is 10.8. The fourth-order valence-corrected chi connectivity index (χ4v) is 1.34. The summed E-state index contributed by atoms with van der Waals surface area (Å²) >= 11 is 0. The highest BCUT2D eigenvalue weighted by Gasteiger charge is 2.22. The van der Waals surface area contributed by atoms with Crippen molar-refractivity contribution in [3.63, 3.8) is 0 Å². The van der Waals surface area contributed by atoms with Crippen molar-refractivity contribution in [1.82, 2.24) is 5.32 Å². The van der Waals surface area contributed by atoms with E-state index in [1.807, 2.05) is 0 Å². The van der Waals surface area contributed by atoms with Gasteiger partial charge < -0.3 is 10.1 Å². The van der Waals surface area contributed by atoms with Crippen LogP contribution in [0.25, 0.3) is 0 Å². The van der Waals surface area contributed by atoms with Gasteiger partial charge in [-0.05, 0) is 39.0 Å². The molecule has 0 bridgehead atoms. The number of Topliss-reactive ketones (excluding diaryl/α,β-unsaturated/α-hetero) is 1. The number of halogens is 1. The molecule has 1 aromatic rings. The Bertz CT molecular complexity index is 478. The summed E-state index contributed by atoms with van der Waals surface area (Å²) in [7, 11) is 1.33. The quantitative estimate of drug-likeness (QED) is 0.661. The number of rotatable bonds is 3. The molecule has 98 valence electrons. The molecule has 0 radical (unpaired) electrons. The van der Waals surface area contributed by atoms with E-state index in [1.165, 1.54) is 19.2 Å². The first-order valence-electron chi connectivity index (χ1n) is 5.45. The van der Waals surface area contributed by atoms with Crippen LogP contribution in [0.3, 0.4) is 0 Å². The summed E-state index contributed by atoms with van der Waals surface area (Å²) in [5.74, 6) is -2.17. The number of methoxy groups -OCH3 is 1. The molecule has 1 rings (SSSR count). The minimum absolute atomic E-state index is 0.00458. The van der Waals surface area contributed by atoms with Crippen LogP contribution in [-0.2, 0) is 4.79 Å². The molecule has 0 saturated heterocycles. The summed E-state index contributed by atoms with van der Waals surface area (Å²) in [6.07, 6.45) is 0. The molecule has 0 aliphatic heterocycles. The average Bonchev–Trinajstić information content (AvgIpc) is 2.25. The number of ether oxygens (including phenoxy) is 1. The summed E-state index contributed by atoms with van der Waals surface area (Å²) in [5.41, 5.74) is -0.521. The number of amides is 1. The lowest BCUT2D eigenvalue weighted by Crippen LogP contribution is -2.44. The van der Waals surface area contributed by atoms with Crippen molar-refractivity contribution in [2.24, 2.45) is 0 Å². The third-order valence-corrected chi connectivity index (χ3v) is 2.11. The van der Waals surface area contributed by atoms with Gasteiger partial charge >= 0.3 is 0 Å². The van der Waals surface area contributed by atoms with Crippen LogP contribution < -0.4 is 10.1 Å². The Morgan fingerprint density at radius 1 is 1.28 bits per heavy atom. The average molecular weight is 253 g/mol. The first kappa shape index (κ1) is 14.2. The first-order valence-corrected chi connectivity index (χ1v) is 5.45. The molecule has 1 N–H and O–H groups in total. The normalized spacial score (nSPS) is 10.9. The lowest BCUT2D eigenvalue weighted by molar-refractivity contribution is -0.118. The highest BCUT2D eigenvalue weighted by molar-refractivity contribution is 6.42. The van der Waals surface area contributed by atoms with E-state index in [9.17, 15) is 14.0 Å². The molecule has 0 aliphatic carbocycles. The van der Waals surface area contributed by atoms with Crippen LogP contribution >= 0.6 is 0 Å². The van der Waals surface area contributed by atoms with E-state index in [0.717, 1.165) is 6.07 Å². The largest absolute Gasteiger partial charge is 0.494 e. The van der Waals surface area contributed by atoms with Gasteiger partial charge in [0.1, 0.15) is 0 Å². The van der Waals surface area contributed by atoms with Crippen molar-refractivity contribution < 1.29 is 18.7 Å². The van der Waals surface area contributed by atoms with Gasteiger partial charge in [0.2, 0.25) is 5.78 Å². The summed E-state index contributed by atoms with van der Waals surface area (Å²) in [4.78, 5) is 23.4. The molecule has 0 unspecified atom stereocenters. The van der Waals surface area contributed by atoms with E-state index in [-0.39, 0.29) is 11.3 Å². The van der Waals surface area contributed by atoms with Crippen molar-refractivity contribution in [2.45, 2.75) is 26.3 Å². The van der Waals surface area contributed by atoms with Gasteiger partial charge in [-0.3, -0.25) is 9.59 Å². The Morgan fingerprint density at radius 2 is 1.89 bits per heavy atom. The van der Waals surface area contributed by atoms with Crippen molar-refractivity contribution in [3.05, 3.63) is 29.6 Å². The van der Waals surface area contributed by atoms with Crippen LogP contribution in [-0.4, -0.2) is 24.3 Å². The van der Waals surface area contributed by atoms with E-state index >= 15 is 0 Å². The third kappa shape index (κ3) is 3.55. The van der Waals surface area contributed by atoms with Gasteiger partial charge in [0.25, 0.3) is 5.91 Å². The summed E-state index contributed by atoms with van der Waals surface area (Å²) in [5, 5.41) is 2.52. The lowest BCUT2D eigenvalue weighted by atomic mass is 10.1. The minimum atomic E-state index is -0.772. The first-order chi connectivity index (χ1) is 8.24. The topological polar surface area (TPSA) is 55.4 Å². The van der Waals surface area contributed by atoms with Crippen LogP contribution in [0.15, 0.2) is 18.2 Å². The van der Waals surface area contributed by atoms with E-state index < -0.39 is 23.0 Å². The smallest absolute Gasteiger partial charge is 0.292 e. The molecule has 18 heavy (non-hydrogen) atoms. The third-order valence-electron chi connectivity index (χ3n) is 2.11. The van der Waals surface area contributed by atoms with E-state index in [1.54, 1.807) is 20.8 Å². The predicted octanol–water partition coefficient (Wildman–Crippen LogP) is 1.93. The van der Waals surface area contributed by atoms with Crippen molar-refractivity contribution >= 4 is 11.7 Å². The Kier molecular flexibility index (Phi) is 4.06. The van der Waals surface area contributed by atoms with Gasteiger partial charge in [-0.2, -0.15) is 0 Å². The van der Waals surface area contributed by atoms with Crippen LogP contribution in [0.4, 0.5) is 4.39 Å². The molecule has 5 heteroatoms. The fraction of sp³-hybridized carbons (Fsp3) is 0.385. The molecule has 0 aliphatic rings. The standard InChI is InChI=1S/C13H16FNO3/c1-13(2,3)15-12(17)11(16)8-5-6-10(18-4)9(14)7-8/h5-7H,1-4H3,(H,15,17). The second-order valence-electron chi connectivity index (χ2n) is 4.88. The maximum absolute atomic E-state index is 13.4. The van der Waals surface area contributed by atoms with Crippen LogP contribution in [0, 0.1) is 5.82 Å². The van der Waals surface area contributed by atoms with Gasteiger partial charge in [-0.25, -0.2) is 4.39 Å². The van der Waals surface area contributed by atoms with Crippen molar-refractivity contribution in [3.8, 4) is 5.75 Å². The van der Waals surface area contributed by atoms with E-state index in [4.69, 9.17) is 4.74 Å². The zero-order chi connectivity index (χ0) is 13.9. The molecular formula is C13H16FNO3. The summed E-state index contributed by atoms with van der Waals surface area (Å²) in [6.45, 7) is 5.27. The molecule has 0 spiro atoms. The Hall–Kier alpha value is -1.91. The Labute approximate surface area is 105 Å². The number of carbonyl (C=O) groups is 2. The second-order valence-corrected chi connectivity index (χ2v) is 4.88.